The Labute approximate surface area is 133 Å². The number of methoxy groups -OCH3 is 1. The van der Waals surface area contributed by atoms with Crippen molar-refractivity contribution in [1.29, 1.82) is 0 Å². The molecular formula is C15H19N3O5. The van der Waals surface area contributed by atoms with Gasteiger partial charge in [-0.15, -0.1) is 0 Å². The molecule has 1 aliphatic heterocycles. The fourth-order valence-corrected chi connectivity index (χ4v) is 2.08. The van der Waals surface area contributed by atoms with Crippen molar-refractivity contribution in [2.45, 2.75) is 18.9 Å². The van der Waals surface area contributed by atoms with Gasteiger partial charge in [0, 0.05) is 13.2 Å². The van der Waals surface area contributed by atoms with E-state index in [0.717, 1.165) is 12.8 Å². The molecule has 23 heavy (non-hydrogen) atoms. The molecule has 124 valence electrons. The van der Waals surface area contributed by atoms with E-state index < -0.39 is 11.8 Å². The Morgan fingerprint density at radius 2 is 2.30 bits per heavy atom. The SMILES string of the molecule is COc1cc(/C=N/NC(=O)C(=O)NC[C@H]2CCCO2)ccc1O. The van der Waals surface area contributed by atoms with Crippen molar-refractivity contribution >= 4 is 18.0 Å². The van der Waals surface area contributed by atoms with Gasteiger partial charge >= 0.3 is 11.8 Å². The number of rotatable bonds is 5. The molecule has 2 rings (SSSR count). The van der Waals surface area contributed by atoms with E-state index in [4.69, 9.17) is 9.47 Å². The van der Waals surface area contributed by atoms with Gasteiger partial charge in [-0.05, 0) is 36.6 Å². The largest absolute Gasteiger partial charge is 0.504 e. The van der Waals surface area contributed by atoms with Crippen LogP contribution in [-0.4, -0.2) is 49.5 Å². The van der Waals surface area contributed by atoms with E-state index in [2.05, 4.69) is 15.8 Å². The maximum absolute atomic E-state index is 11.6. The van der Waals surface area contributed by atoms with Crippen LogP contribution in [0.4, 0.5) is 0 Å². The van der Waals surface area contributed by atoms with Gasteiger partial charge in [0.25, 0.3) is 0 Å². The number of carbonyl (C=O) groups excluding carboxylic acids is 2. The molecule has 0 unspecified atom stereocenters. The predicted molar refractivity (Wildman–Crippen MR) is 82.4 cm³/mol. The molecule has 1 atom stereocenters. The van der Waals surface area contributed by atoms with Gasteiger partial charge in [-0.3, -0.25) is 9.59 Å². The normalized spacial score (nSPS) is 17.2. The summed E-state index contributed by atoms with van der Waals surface area (Å²) in [5.41, 5.74) is 2.73. The summed E-state index contributed by atoms with van der Waals surface area (Å²) in [6, 6.07) is 4.57. The lowest BCUT2D eigenvalue weighted by Gasteiger charge is -2.09. The van der Waals surface area contributed by atoms with Crippen molar-refractivity contribution in [3.8, 4) is 11.5 Å². The molecule has 8 heteroatoms. The second-order valence-electron chi connectivity index (χ2n) is 4.98. The minimum atomic E-state index is -0.856. The van der Waals surface area contributed by atoms with Crippen LogP contribution in [0, 0.1) is 0 Å². The highest BCUT2D eigenvalue weighted by atomic mass is 16.5. The van der Waals surface area contributed by atoms with Gasteiger partial charge in [0.1, 0.15) is 0 Å². The minimum Gasteiger partial charge on any atom is -0.504 e. The molecule has 3 N–H and O–H groups in total. The molecule has 2 amide bonds. The zero-order valence-electron chi connectivity index (χ0n) is 12.7. The first-order valence-corrected chi connectivity index (χ1v) is 7.20. The lowest BCUT2D eigenvalue weighted by Crippen LogP contribution is -2.41. The quantitative estimate of drug-likeness (QED) is 0.406. The average molecular weight is 321 g/mol. The highest BCUT2D eigenvalue weighted by Gasteiger charge is 2.18. The Balaban J connectivity index is 1.79. The Hall–Kier alpha value is -2.61. The molecule has 1 aromatic carbocycles. The van der Waals surface area contributed by atoms with Crippen molar-refractivity contribution in [3.05, 3.63) is 23.8 Å². The maximum Gasteiger partial charge on any atom is 0.329 e. The topological polar surface area (TPSA) is 109 Å². The molecule has 1 fully saturated rings. The molecule has 0 aliphatic carbocycles. The third-order valence-corrected chi connectivity index (χ3v) is 3.30. The van der Waals surface area contributed by atoms with Crippen molar-refractivity contribution in [2.75, 3.05) is 20.3 Å². The second kappa shape index (κ2) is 8.14. The Morgan fingerprint density at radius 1 is 1.48 bits per heavy atom. The number of ether oxygens (including phenoxy) is 2. The number of hydrogen-bond donors (Lipinski definition) is 3. The van der Waals surface area contributed by atoms with Crippen LogP contribution >= 0.6 is 0 Å². The van der Waals surface area contributed by atoms with Gasteiger partial charge in [-0.25, -0.2) is 5.43 Å². The zero-order chi connectivity index (χ0) is 16.7. The second-order valence-corrected chi connectivity index (χ2v) is 4.98. The van der Waals surface area contributed by atoms with Gasteiger partial charge < -0.3 is 19.9 Å². The van der Waals surface area contributed by atoms with Crippen LogP contribution in [0.5, 0.6) is 11.5 Å². The summed E-state index contributed by atoms with van der Waals surface area (Å²) < 4.78 is 10.3. The zero-order valence-corrected chi connectivity index (χ0v) is 12.7. The minimum absolute atomic E-state index is 0.00203. The van der Waals surface area contributed by atoms with Crippen molar-refractivity contribution in [2.24, 2.45) is 5.10 Å². The first-order chi connectivity index (χ1) is 11.1. The molecule has 0 spiro atoms. The molecule has 8 nitrogen and oxygen atoms in total. The average Bonchev–Trinajstić information content (AvgIpc) is 3.07. The summed E-state index contributed by atoms with van der Waals surface area (Å²) in [5, 5.41) is 15.7. The number of nitrogens with zero attached hydrogens (tertiary/aromatic N) is 1. The number of carbonyl (C=O) groups is 2. The summed E-state index contributed by atoms with van der Waals surface area (Å²) in [4.78, 5) is 23.2. The van der Waals surface area contributed by atoms with E-state index in [1.165, 1.54) is 19.4 Å². The van der Waals surface area contributed by atoms with Crippen LogP contribution in [0.15, 0.2) is 23.3 Å². The lowest BCUT2D eigenvalue weighted by molar-refractivity contribution is -0.139. The number of hydrogen-bond acceptors (Lipinski definition) is 6. The smallest absolute Gasteiger partial charge is 0.329 e. The molecule has 0 aromatic heterocycles. The summed E-state index contributed by atoms with van der Waals surface area (Å²) in [6.45, 7) is 0.998. The van der Waals surface area contributed by atoms with Gasteiger partial charge in [0.05, 0.1) is 19.4 Å². The van der Waals surface area contributed by atoms with E-state index in [0.29, 0.717) is 18.7 Å². The molecule has 1 aliphatic rings. The fraction of sp³-hybridized carbons (Fsp3) is 0.400. The standard InChI is InChI=1S/C15H19N3O5/c1-22-13-7-10(4-5-12(13)19)8-17-18-15(21)14(20)16-9-11-3-2-6-23-11/h4-5,7-8,11,19H,2-3,6,9H2,1H3,(H,16,20)(H,18,21)/b17-8+/t11-/m1/s1. The van der Waals surface area contributed by atoms with E-state index in [1.54, 1.807) is 12.1 Å². The van der Waals surface area contributed by atoms with E-state index >= 15 is 0 Å². The first kappa shape index (κ1) is 16.8. The monoisotopic (exact) mass is 321 g/mol. The number of hydrazone groups is 1. The number of phenols is 1. The first-order valence-electron chi connectivity index (χ1n) is 7.20. The van der Waals surface area contributed by atoms with Crippen LogP contribution in [0.2, 0.25) is 0 Å². The Bertz CT molecular complexity index is 597. The van der Waals surface area contributed by atoms with Gasteiger partial charge in [-0.1, -0.05) is 0 Å². The number of nitrogens with one attached hydrogen (secondary N) is 2. The highest BCUT2D eigenvalue weighted by Crippen LogP contribution is 2.25. The third-order valence-electron chi connectivity index (χ3n) is 3.30. The van der Waals surface area contributed by atoms with Crippen LogP contribution in [0.3, 0.4) is 0 Å². The predicted octanol–water partition coefficient (Wildman–Crippen LogP) is 0.146. The number of amides is 2. The van der Waals surface area contributed by atoms with E-state index in [9.17, 15) is 14.7 Å². The molecular weight excluding hydrogens is 302 g/mol. The van der Waals surface area contributed by atoms with Gasteiger partial charge in [0.2, 0.25) is 0 Å². The fourth-order valence-electron chi connectivity index (χ4n) is 2.08. The van der Waals surface area contributed by atoms with Crippen LogP contribution in [-0.2, 0) is 14.3 Å². The number of aromatic hydroxyl groups is 1. The van der Waals surface area contributed by atoms with Gasteiger partial charge in [-0.2, -0.15) is 5.10 Å². The van der Waals surface area contributed by atoms with Crippen molar-refractivity contribution < 1.29 is 24.2 Å². The van der Waals surface area contributed by atoms with E-state index in [-0.39, 0.29) is 17.6 Å². The Kier molecular flexibility index (Phi) is 5.93. The van der Waals surface area contributed by atoms with Crippen molar-refractivity contribution in [3.63, 3.8) is 0 Å². The Morgan fingerprint density at radius 3 is 3.00 bits per heavy atom. The summed E-state index contributed by atoms with van der Waals surface area (Å²) in [6.07, 6.45) is 3.16. The molecule has 0 bridgehead atoms. The molecule has 1 heterocycles. The third kappa shape index (κ3) is 4.96. The van der Waals surface area contributed by atoms with Crippen LogP contribution < -0.4 is 15.5 Å². The maximum atomic E-state index is 11.6. The molecule has 0 saturated carbocycles. The van der Waals surface area contributed by atoms with E-state index in [1.807, 2.05) is 0 Å². The van der Waals surface area contributed by atoms with Crippen LogP contribution in [0.1, 0.15) is 18.4 Å². The number of benzene rings is 1. The lowest BCUT2D eigenvalue weighted by atomic mass is 10.2. The summed E-state index contributed by atoms with van der Waals surface area (Å²) in [7, 11) is 1.43. The summed E-state index contributed by atoms with van der Waals surface area (Å²) >= 11 is 0. The van der Waals surface area contributed by atoms with Crippen molar-refractivity contribution in [1.82, 2.24) is 10.7 Å². The number of phenolic OH excluding ortho intramolecular Hbond substituents is 1. The summed E-state index contributed by atoms with van der Waals surface area (Å²) in [5.74, 6) is -1.33. The molecule has 0 radical (unpaired) electrons. The van der Waals surface area contributed by atoms with Gasteiger partial charge in [0.15, 0.2) is 11.5 Å². The van der Waals surface area contributed by atoms with Crippen LogP contribution in [0.25, 0.3) is 0 Å². The molecule has 1 aromatic rings. The highest BCUT2D eigenvalue weighted by molar-refractivity contribution is 6.35. The molecule has 1 saturated heterocycles.